The van der Waals surface area contributed by atoms with Gasteiger partial charge in [-0.25, -0.2) is 9.78 Å². The Kier molecular flexibility index (Phi) is 3.32. The molecule has 1 saturated heterocycles. The molecule has 0 spiro atoms. The van der Waals surface area contributed by atoms with E-state index in [-0.39, 0.29) is 0 Å². The fourth-order valence-corrected chi connectivity index (χ4v) is 2.83. The molecule has 5 nitrogen and oxygen atoms in total. The lowest BCUT2D eigenvalue weighted by Crippen LogP contribution is -2.55. The highest BCUT2D eigenvalue weighted by molar-refractivity contribution is 7.14. The molecule has 0 radical (unpaired) electrons. The number of nitrogens with one attached hydrogen (secondary N) is 2. The maximum Gasteiger partial charge on any atom is 0.405 e. The van der Waals surface area contributed by atoms with Crippen molar-refractivity contribution in [3.63, 3.8) is 0 Å². The third kappa shape index (κ3) is 2.28. The molecule has 1 unspecified atom stereocenters. The minimum Gasteiger partial charge on any atom is -0.465 e. The highest BCUT2D eigenvalue weighted by atomic mass is 35.5. The Morgan fingerprint density at radius 1 is 1.75 bits per heavy atom. The van der Waals surface area contributed by atoms with Crippen LogP contribution < -0.4 is 10.6 Å². The number of amides is 1. The normalized spacial score (nSPS) is 25.3. The summed E-state index contributed by atoms with van der Waals surface area (Å²) < 4.78 is 0.437. The van der Waals surface area contributed by atoms with Crippen molar-refractivity contribution in [2.45, 2.75) is 18.4 Å². The third-order valence-corrected chi connectivity index (χ3v) is 3.68. The van der Waals surface area contributed by atoms with Crippen LogP contribution in [-0.4, -0.2) is 29.3 Å². The summed E-state index contributed by atoms with van der Waals surface area (Å²) in [6, 6.07) is 0. The Hall–Kier alpha value is -0.850. The number of hydrogen-bond donors (Lipinski definition) is 3. The van der Waals surface area contributed by atoms with Crippen LogP contribution in [0.4, 0.5) is 4.79 Å². The summed E-state index contributed by atoms with van der Waals surface area (Å²) in [4.78, 5) is 15.0. The van der Waals surface area contributed by atoms with Gasteiger partial charge in [-0.05, 0) is 19.4 Å². The summed E-state index contributed by atoms with van der Waals surface area (Å²) >= 11 is 7.11. The fourth-order valence-electron chi connectivity index (χ4n) is 1.97. The molecule has 3 N–H and O–H groups in total. The van der Waals surface area contributed by atoms with E-state index in [9.17, 15) is 4.79 Å². The molecule has 1 atom stereocenters. The molecule has 0 aromatic carbocycles. The van der Waals surface area contributed by atoms with E-state index >= 15 is 0 Å². The van der Waals surface area contributed by atoms with Crippen LogP contribution in [0.25, 0.3) is 0 Å². The monoisotopic (exact) mass is 261 g/mol. The van der Waals surface area contributed by atoms with Crippen LogP contribution in [-0.2, 0) is 5.54 Å². The Morgan fingerprint density at radius 2 is 2.56 bits per heavy atom. The van der Waals surface area contributed by atoms with E-state index in [1.807, 2.05) is 5.38 Å². The fraction of sp³-hybridized carbons (Fsp3) is 0.556. The van der Waals surface area contributed by atoms with Crippen LogP contribution in [0, 0.1) is 0 Å². The molecule has 2 heterocycles. The minimum atomic E-state index is -1.03. The van der Waals surface area contributed by atoms with Crippen LogP contribution in [0.1, 0.15) is 18.5 Å². The van der Waals surface area contributed by atoms with Gasteiger partial charge in [0.2, 0.25) is 0 Å². The number of piperidine rings is 1. The van der Waals surface area contributed by atoms with Gasteiger partial charge in [0.25, 0.3) is 0 Å². The van der Waals surface area contributed by atoms with Gasteiger partial charge in [0.15, 0.2) is 4.47 Å². The zero-order chi connectivity index (χ0) is 11.6. The molecular weight excluding hydrogens is 250 g/mol. The highest BCUT2D eigenvalue weighted by Gasteiger charge is 2.37. The molecule has 2 rings (SSSR count). The van der Waals surface area contributed by atoms with Crippen molar-refractivity contribution in [3.8, 4) is 0 Å². The van der Waals surface area contributed by atoms with E-state index in [1.54, 1.807) is 0 Å². The van der Waals surface area contributed by atoms with Crippen LogP contribution in [0.3, 0.4) is 0 Å². The molecule has 16 heavy (non-hydrogen) atoms. The number of halogens is 1. The average Bonchev–Trinajstić information content (AvgIpc) is 2.66. The molecule has 1 aromatic heterocycles. The Bertz CT molecular complexity index is 390. The lowest BCUT2D eigenvalue weighted by molar-refractivity contribution is 0.165. The second kappa shape index (κ2) is 4.57. The van der Waals surface area contributed by atoms with E-state index in [0.29, 0.717) is 16.7 Å². The van der Waals surface area contributed by atoms with E-state index in [0.717, 1.165) is 19.4 Å². The maximum atomic E-state index is 10.9. The Labute approximate surface area is 102 Å². The van der Waals surface area contributed by atoms with E-state index in [1.165, 1.54) is 11.3 Å². The lowest BCUT2D eigenvalue weighted by atomic mass is 9.87. The molecular formula is C9H12ClN3O2S. The summed E-state index contributed by atoms with van der Waals surface area (Å²) in [6.07, 6.45) is 0.620. The number of carboxylic acid groups (broad SMARTS) is 1. The first-order valence-corrected chi connectivity index (χ1v) is 6.21. The first-order chi connectivity index (χ1) is 7.62. The second-order valence-electron chi connectivity index (χ2n) is 3.78. The van der Waals surface area contributed by atoms with Gasteiger partial charge in [0.05, 0.1) is 11.2 Å². The summed E-state index contributed by atoms with van der Waals surface area (Å²) in [5, 5.41) is 16.5. The van der Waals surface area contributed by atoms with Gasteiger partial charge in [-0.15, -0.1) is 11.3 Å². The van der Waals surface area contributed by atoms with E-state index < -0.39 is 11.6 Å². The minimum absolute atomic E-state index is 0.437. The predicted molar refractivity (Wildman–Crippen MR) is 62.1 cm³/mol. The molecule has 1 fully saturated rings. The van der Waals surface area contributed by atoms with Gasteiger partial charge >= 0.3 is 6.09 Å². The molecule has 1 aliphatic heterocycles. The van der Waals surface area contributed by atoms with Crippen molar-refractivity contribution in [1.29, 1.82) is 0 Å². The van der Waals surface area contributed by atoms with Crippen molar-refractivity contribution in [2.24, 2.45) is 0 Å². The average molecular weight is 262 g/mol. The molecule has 1 aromatic rings. The van der Waals surface area contributed by atoms with Crippen LogP contribution in [0.15, 0.2) is 5.38 Å². The first kappa shape index (κ1) is 11.6. The molecule has 1 amide bonds. The van der Waals surface area contributed by atoms with Gasteiger partial charge in [-0.1, -0.05) is 11.6 Å². The van der Waals surface area contributed by atoms with Gasteiger partial charge in [0, 0.05) is 11.9 Å². The highest BCUT2D eigenvalue weighted by Crippen LogP contribution is 2.30. The molecule has 0 saturated carbocycles. The summed E-state index contributed by atoms with van der Waals surface area (Å²) in [7, 11) is 0. The van der Waals surface area contributed by atoms with Crippen molar-refractivity contribution >= 4 is 29.0 Å². The quantitative estimate of drug-likeness (QED) is 0.757. The van der Waals surface area contributed by atoms with Crippen LogP contribution in [0.2, 0.25) is 4.47 Å². The first-order valence-electron chi connectivity index (χ1n) is 4.96. The number of aromatic nitrogens is 1. The number of thiazole rings is 1. The van der Waals surface area contributed by atoms with E-state index in [4.69, 9.17) is 16.7 Å². The molecule has 88 valence electrons. The number of hydrogen-bond acceptors (Lipinski definition) is 4. The van der Waals surface area contributed by atoms with Crippen LogP contribution in [0.5, 0.6) is 0 Å². The van der Waals surface area contributed by atoms with Crippen LogP contribution >= 0.6 is 22.9 Å². The molecule has 7 heteroatoms. The predicted octanol–water partition coefficient (Wildman–Crippen LogP) is 1.64. The SMILES string of the molecule is O=C(O)NC1(c2csc(Cl)n2)CCCNC1. The van der Waals surface area contributed by atoms with Gasteiger partial charge in [-0.3, -0.25) is 0 Å². The zero-order valence-electron chi connectivity index (χ0n) is 8.49. The summed E-state index contributed by atoms with van der Waals surface area (Å²) in [6.45, 7) is 1.46. The number of carbonyl (C=O) groups is 1. The smallest absolute Gasteiger partial charge is 0.405 e. The largest absolute Gasteiger partial charge is 0.465 e. The number of rotatable bonds is 2. The van der Waals surface area contributed by atoms with Crippen molar-refractivity contribution < 1.29 is 9.90 Å². The van der Waals surface area contributed by atoms with Crippen molar-refractivity contribution in [1.82, 2.24) is 15.6 Å². The Balaban J connectivity index is 2.29. The second-order valence-corrected chi connectivity index (χ2v) is 5.22. The molecule has 0 aliphatic carbocycles. The van der Waals surface area contributed by atoms with Gasteiger partial charge < -0.3 is 15.7 Å². The van der Waals surface area contributed by atoms with E-state index in [2.05, 4.69) is 15.6 Å². The third-order valence-electron chi connectivity index (χ3n) is 2.70. The molecule has 0 bridgehead atoms. The number of nitrogens with zero attached hydrogens (tertiary/aromatic N) is 1. The maximum absolute atomic E-state index is 10.9. The Morgan fingerprint density at radius 3 is 3.06 bits per heavy atom. The van der Waals surface area contributed by atoms with Gasteiger partial charge in [-0.2, -0.15) is 0 Å². The summed E-state index contributed by atoms with van der Waals surface area (Å²) in [5.74, 6) is 0. The lowest BCUT2D eigenvalue weighted by Gasteiger charge is -2.36. The zero-order valence-corrected chi connectivity index (χ0v) is 10.1. The summed E-state index contributed by atoms with van der Waals surface area (Å²) in [5.41, 5.74) is 0.0744. The topological polar surface area (TPSA) is 74.2 Å². The van der Waals surface area contributed by atoms with Crippen molar-refractivity contribution in [3.05, 3.63) is 15.5 Å². The standard InChI is InChI=1S/C9H12ClN3O2S/c10-7-12-6(4-16-7)9(13-8(14)15)2-1-3-11-5-9/h4,11,13H,1-3,5H2,(H,14,15). The van der Waals surface area contributed by atoms with Crippen molar-refractivity contribution in [2.75, 3.05) is 13.1 Å². The van der Waals surface area contributed by atoms with Gasteiger partial charge in [0.1, 0.15) is 0 Å². The molecule has 1 aliphatic rings.